The quantitative estimate of drug-likeness (QED) is 0.657. The fourth-order valence-corrected chi connectivity index (χ4v) is 1.59. The van der Waals surface area contributed by atoms with Crippen LogP contribution in [0.1, 0.15) is 13.3 Å². The Morgan fingerprint density at radius 1 is 1.70 bits per heavy atom. The van der Waals surface area contributed by atoms with Gasteiger partial charge in [-0.05, 0) is 6.42 Å². The van der Waals surface area contributed by atoms with Gasteiger partial charge in [0, 0.05) is 22.8 Å². The summed E-state index contributed by atoms with van der Waals surface area (Å²) in [6.07, 6.45) is 2.07. The molecule has 0 aliphatic carbocycles. The first-order valence-electron chi connectivity index (χ1n) is 3.10. The molecular formula is C6H12O3S. The minimum atomic E-state index is -0.997. The van der Waals surface area contributed by atoms with E-state index in [1.165, 1.54) is 6.26 Å². The molecule has 0 rings (SSSR count). The zero-order chi connectivity index (χ0) is 8.15. The van der Waals surface area contributed by atoms with Gasteiger partial charge in [-0.3, -0.25) is 9.00 Å². The first kappa shape index (κ1) is 9.62. The third-order valence-electron chi connectivity index (χ3n) is 1.28. The first-order valence-corrected chi connectivity index (χ1v) is 4.83. The summed E-state index contributed by atoms with van der Waals surface area (Å²) >= 11 is 0. The van der Waals surface area contributed by atoms with E-state index in [0.717, 1.165) is 0 Å². The van der Waals surface area contributed by atoms with Crippen molar-refractivity contribution in [1.82, 2.24) is 0 Å². The van der Waals surface area contributed by atoms with Crippen LogP contribution >= 0.6 is 0 Å². The van der Waals surface area contributed by atoms with Crippen molar-refractivity contribution < 1.29 is 14.1 Å². The van der Waals surface area contributed by atoms with Crippen molar-refractivity contribution in [3.63, 3.8) is 0 Å². The highest BCUT2D eigenvalue weighted by Crippen LogP contribution is 2.03. The van der Waals surface area contributed by atoms with Gasteiger partial charge < -0.3 is 5.11 Å². The average molecular weight is 164 g/mol. The summed E-state index contributed by atoms with van der Waals surface area (Å²) in [5, 5.41) is 8.49. The van der Waals surface area contributed by atoms with Gasteiger partial charge in [-0.1, -0.05) is 6.92 Å². The second-order valence-corrected chi connectivity index (χ2v) is 3.66. The van der Waals surface area contributed by atoms with E-state index < -0.39 is 22.7 Å². The Kier molecular flexibility index (Phi) is 4.27. The van der Waals surface area contributed by atoms with Crippen molar-refractivity contribution in [2.45, 2.75) is 13.3 Å². The molecule has 0 amide bonds. The molecule has 0 fully saturated rings. The van der Waals surface area contributed by atoms with Crippen LogP contribution in [-0.4, -0.2) is 27.3 Å². The molecule has 0 radical (unpaired) electrons. The molecule has 0 heterocycles. The lowest BCUT2D eigenvalue weighted by Crippen LogP contribution is -2.19. The maximum atomic E-state index is 10.6. The summed E-state index contributed by atoms with van der Waals surface area (Å²) in [7, 11) is -0.997. The number of hydrogen-bond acceptors (Lipinski definition) is 2. The van der Waals surface area contributed by atoms with Gasteiger partial charge in [0.2, 0.25) is 0 Å². The van der Waals surface area contributed by atoms with E-state index >= 15 is 0 Å². The van der Waals surface area contributed by atoms with E-state index in [0.29, 0.717) is 6.42 Å². The lowest BCUT2D eigenvalue weighted by atomic mass is 10.1. The molecule has 0 saturated carbocycles. The van der Waals surface area contributed by atoms with Gasteiger partial charge in [0.15, 0.2) is 0 Å². The van der Waals surface area contributed by atoms with Gasteiger partial charge in [-0.25, -0.2) is 0 Å². The Balaban J connectivity index is 3.83. The van der Waals surface area contributed by atoms with Crippen LogP contribution < -0.4 is 0 Å². The molecule has 2 unspecified atom stereocenters. The number of carboxylic acids is 1. The molecule has 0 aromatic carbocycles. The molecule has 0 spiro atoms. The third-order valence-corrected chi connectivity index (χ3v) is 2.15. The number of rotatable bonds is 4. The molecule has 0 saturated heterocycles. The second kappa shape index (κ2) is 4.44. The van der Waals surface area contributed by atoms with Gasteiger partial charge in [0.1, 0.15) is 0 Å². The van der Waals surface area contributed by atoms with Crippen LogP contribution in [-0.2, 0) is 15.6 Å². The lowest BCUT2D eigenvalue weighted by Gasteiger charge is -2.05. The van der Waals surface area contributed by atoms with E-state index in [-0.39, 0.29) is 5.75 Å². The van der Waals surface area contributed by atoms with Crippen LogP contribution in [0.2, 0.25) is 0 Å². The van der Waals surface area contributed by atoms with Gasteiger partial charge in [0.05, 0.1) is 5.92 Å². The summed E-state index contributed by atoms with van der Waals surface area (Å²) in [5.74, 6) is -1.02. The van der Waals surface area contributed by atoms with Gasteiger partial charge >= 0.3 is 5.97 Å². The molecule has 0 aliphatic rings. The fourth-order valence-electron chi connectivity index (χ4n) is 0.647. The molecule has 10 heavy (non-hydrogen) atoms. The molecular weight excluding hydrogens is 152 g/mol. The van der Waals surface area contributed by atoms with Crippen molar-refractivity contribution in [3.8, 4) is 0 Å². The molecule has 2 atom stereocenters. The van der Waals surface area contributed by atoms with Crippen molar-refractivity contribution in [2.75, 3.05) is 12.0 Å². The Hall–Kier alpha value is -0.380. The van der Waals surface area contributed by atoms with Crippen LogP contribution in [0.15, 0.2) is 0 Å². The molecule has 0 aliphatic heterocycles. The molecule has 0 aromatic heterocycles. The summed E-state index contributed by atoms with van der Waals surface area (Å²) in [4.78, 5) is 10.3. The van der Waals surface area contributed by atoms with Crippen LogP contribution in [0.5, 0.6) is 0 Å². The molecule has 4 heteroatoms. The number of carbonyl (C=O) groups is 1. The van der Waals surface area contributed by atoms with Crippen molar-refractivity contribution >= 4 is 16.8 Å². The Bertz CT molecular complexity index is 144. The predicted molar refractivity (Wildman–Crippen MR) is 40.4 cm³/mol. The Labute approximate surface area is 62.9 Å². The summed E-state index contributed by atoms with van der Waals surface area (Å²) < 4.78 is 10.6. The predicted octanol–water partition coefficient (Wildman–Crippen LogP) is 0.476. The van der Waals surface area contributed by atoms with E-state index in [1.54, 1.807) is 6.92 Å². The third kappa shape index (κ3) is 3.61. The second-order valence-electron chi connectivity index (χ2n) is 2.18. The van der Waals surface area contributed by atoms with Crippen LogP contribution in [0.25, 0.3) is 0 Å². The SMILES string of the molecule is CCC(CS(C)=O)C(=O)O. The van der Waals surface area contributed by atoms with Crippen molar-refractivity contribution in [3.05, 3.63) is 0 Å². The van der Waals surface area contributed by atoms with Crippen LogP contribution in [0.4, 0.5) is 0 Å². The van der Waals surface area contributed by atoms with Gasteiger partial charge in [-0.15, -0.1) is 0 Å². The fraction of sp³-hybridized carbons (Fsp3) is 0.833. The maximum absolute atomic E-state index is 10.6. The van der Waals surface area contributed by atoms with E-state index in [1.807, 2.05) is 0 Å². The minimum absolute atomic E-state index is 0.270. The monoisotopic (exact) mass is 164 g/mol. The standard InChI is InChI=1S/C6H12O3S/c1-3-5(6(7)8)4-10(2)9/h5H,3-4H2,1-2H3,(H,7,8). The van der Waals surface area contributed by atoms with Crippen molar-refractivity contribution in [1.29, 1.82) is 0 Å². The van der Waals surface area contributed by atoms with Crippen LogP contribution in [0, 0.1) is 5.92 Å². The topological polar surface area (TPSA) is 54.4 Å². The smallest absolute Gasteiger partial charge is 0.307 e. The van der Waals surface area contributed by atoms with E-state index in [2.05, 4.69) is 0 Å². The number of aliphatic carboxylic acids is 1. The highest BCUT2D eigenvalue weighted by atomic mass is 32.2. The normalized spacial score (nSPS) is 16.2. The zero-order valence-corrected chi connectivity index (χ0v) is 6.98. The van der Waals surface area contributed by atoms with E-state index in [9.17, 15) is 9.00 Å². The summed E-state index contributed by atoms with van der Waals surface area (Å²) in [6.45, 7) is 1.78. The molecule has 3 nitrogen and oxygen atoms in total. The van der Waals surface area contributed by atoms with E-state index in [4.69, 9.17) is 5.11 Å². The minimum Gasteiger partial charge on any atom is -0.481 e. The highest BCUT2D eigenvalue weighted by molar-refractivity contribution is 7.84. The van der Waals surface area contributed by atoms with Gasteiger partial charge in [0.25, 0.3) is 0 Å². The average Bonchev–Trinajstić information content (AvgIpc) is 1.81. The molecule has 0 aromatic rings. The van der Waals surface area contributed by atoms with Crippen LogP contribution in [0.3, 0.4) is 0 Å². The largest absolute Gasteiger partial charge is 0.481 e. The molecule has 0 bridgehead atoms. The summed E-state index contributed by atoms with van der Waals surface area (Å²) in [5.41, 5.74) is 0. The Morgan fingerprint density at radius 3 is 2.30 bits per heavy atom. The van der Waals surface area contributed by atoms with Crippen molar-refractivity contribution in [2.24, 2.45) is 5.92 Å². The first-order chi connectivity index (χ1) is 4.57. The number of hydrogen-bond donors (Lipinski definition) is 1. The maximum Gasteiger partial charge on any atom is 0.307 e. The van der Waals surface area contributed by atoms with Gasteiger partial charge in [-0.2, -0.15) is 0 Å². The molecule has 1 N–H and O–H groups in total. The summed E-state index contributed by atoms with van der Waals surface area (Å²) in [6, 6.07) is 0. The lowest BCUT2D eigenvalue weighted by molar-refractivity contribution is -0.141. The molecule has 60 valence electrons. The zero-order valence-electron chi connectivity index (χ0n) is 6.16. The highest BCUT2D eigenvalue weighted by Gasteiger charge is 2.15. The Morgan fingerprint density at radius 2 is 2.20 bits per heavy atom. The number of carboxylic acid groups (broad SMARTS) is 1.